The summed E-state index contributed by atoms with van der Waals surface area (Å²) in [5.41, 5.74) is 0. The molecule has 0 unspecified atom stereocenters. The predicted octanol–water partition coefficient (Wildman–Crippen LogP) is 5.47. The monoisotopic (exact) mass is 426 g/mol. The summed E-state index contributed by atoms with van der Waals surface area (Å²) in [6.45, 7) is 9.66. The van der Waals surface area contributed by atoms with Crippen LogP contribution in [0.4, 0.5) is 0 Å². The topological polar surface area (TPSA) is 35.5 Å². The first-order valence-corrected chi connectivity index (χ1v) is 13.2. The summed E-state index contributed by atoms with van der Waals surface area (Å²) in [6, 6.07) is 21.1. The normalized spacial score (nSPS) is 12.0. The van der Waals surface area contributed by atoms with Crippen LogP contribution in [0.15, 0.2) is 60.7 Å². The number of rotatable bonds is 12. The standard InChI is InChI=1S/C26H38O3Si/c1-5-6-7-8-15-20-25(27)28-21-22-29-30(26(2,3)4,23-16-11-9-12-17-23)24-18-13-10-14-19-24/h9-14,16-19H,5-8,15,20-22H2,1-4H3. The lowest BCUT2D eigenvalue weighted by atomic mass is 10.1. The smallest absolute Gasteiger partial charge is 0.305 e. The van der Waals surface area contributed by atoms with E-state index >= 15 is 0 Å². The maximum Gasteiger partial charge on any atom is 0.305 e. The molecule has 30 heavy (non-hydrogen) atoms. The zero-order valence-corrected chi connectivity index (χ0v) is 20.2. The summed E-state index contributed by atoms with van der Waals surface area (Å²) in [4.78, 5) is 12.1. The van der Waals surface area contributed by atoms with Crippen molar-refractivity contribution in [2.24, 2.45) is 0 Å². The first-order chi connectivity index (χ1) is 14.4. The molecule has 2 aromatic carbocycles. The van der Waals surface area contributed by atoms with Crippen molar-refractivity contribution in [1.29, 1.82) is 0 Å². The largest absolute Gasteiger partial charge is 0.463 e. The van der Waals surface area contributed by atoms with Gasteiger partial charge in [-0.15, -0.1) is 0 Å². The molecule has 0 aliphatic carbocycles. The van der Waals surface area contributed by atoms with Crippen LogP contribution in [0.25, 0.3) is 0 Å². The maximum absolute atomic E-state index is 12.1. The van der Waals surface area contributed by atoms with Gasteiger partial charge in [-0.3, -0.25) is 4.79 Å². The van der Waals surface area contributed by atoms with E-state index < -0.39 is 8.32 Å². The number of esters is 1. The molecule has 0 aliphatic rings. The van der Waals surface area contributed by atoms with Crippen molar-refractivity contribution >= 4 is 24.7 Å². The number of unbranched alkanes of at least 4 members (excludes halogenated alkanes) is 4. The Morgan fingerprint density at radius 3 is 1.83 bits per heavy atom. The molecule has 0 bridgehead atoms. The van der Waals surface area contributed by atoms with E-state index in [1.807, 2.05) is 12.1 Å². The van der Waals surface area contributed by atoms with Crippen molar-refractivity contribution in [2.75, 3.05) is 13.2 Å². The van der Waals surface area contributed by atoms with Crippen LogP contribution in [0.2, 0.25) is 5.04 Å². The highest BCUT2D eigenvalue weighted by Crippen LogP contribution is 2.36. The van der Waals surface area contributed by atoms with Crippen molar-refractivity contribution in [2.45, 2.75) is 71.3 Å². The lowest BCUT2D eigenvalue weighted by Gasteiger charge is -2.43. The number of carbonyl (C=O) groups is 1. The van der Waals surface area contributed by atoms with Crippen molar-refractivity contribution < 1.29 is 14.0 Å². The van der Waals surface area contributed by atoms with Crippen LogP contribution in [-0.2, 0) is 14.0 Å². The Bertz CT molecular complexity index is 698. The molecule has 0 saturated heterocycles. The van der Waals surface area contributed by atoms with Crippen LogP contribution in [0, 0.1) is 0 Å². The van der Waals surface area contributed by atoms with Crippen LogP contribution >= 0.6 is 0 Å². The lowest BCUT2D eigenvalue weighted by Crippen LogP contribution is -2.66. The highest BCUT2D eigenvalue weighted by atomic mass is 28.4. The van der Waals surface area contributed by atoms with E-state index in [0.717, 1.165) is 12.8 Å². The highest BCUT2D eigenvalue weighted by molar-refractivity contribution is 6.99. The van der Waals surface area contributed by atoms with Gasteiger partial charge in [0, 0.05) is 6.42 Å². The van der Waals surface area contributed by atoms with Crippen LogP contribution in [0.5, 0.6) is 0 Å². The summed E-state index contributed by atoms with van der Waals surface area (Å²) in [7, 11) is -2.55. The van der Waals surface area contributed by atoms with Gasteiger partial charge in [0.05, 0.1) is 6.61 Å². The van der Waals surface area contributed by atoms with E-state index in [1.165, 1.54) is 29.6 Å². The highest BCUT2D eigenvalue weighted by Gasteiger charge is 2.50. The molecular weight excluding hydrogens is 388 g/mol. The van der Waals surface area contributed by atoms with Crippen molar-refractivity contribution in [3.05, 3.63) is 60.7 Å². The minimum absolute atomic E-state index is 0.0704. The Morgan fingerprint density at radius 1 is 0.800 bits per heavy atom. The zero-order chi connectivity index (χ0) is 21.9. The first-order valence-electron chi connectivity index (χ1n) is 11.3. The molecule has 0 aromatic heterocycles. The second-order valence-electron chi connectivity index (χ2n) is 8.90. The average Bonchev–Trinajstić information content (AvgIpc) is 2.74. The quantitative estimate of drug-likeness (QED) is 0.257. The minimum atomic E-state index is -2.55. The maximum atomic E-state index is 12.1. The van der Waals surface area contributed by atoms with Crippen molar-refractivity contribution in [3.63, 3.8) is 0 Å². The molecule has 0 amide bonds. The van der Waals surface area contributed by atoms with Crippen molar-refractivity contribution in [1.82, 2.24) is 0 Å². The molecule has 0 atom stereocenters. The molecule has 0 N–H and O–H groups in total. The molecule has 3 nitrogen and oxygen atoms in total. The Balaban J connectivity index is 2.06. The lowest BCUT2D eigenvalue weighted by molar-refractivity contribution is -0.144. The molecule has 0 heterocycles. The predicted molar refractivity (Wildman–Crippen MR) is 128 cm³/mol. The summed E-state index contributed by atoms with van der Waals surface area (Å²) in [6.07, 6.45) is 6.16. The third-order valence-corrected chi connectivity index (χ3v) is 10.6. The van der Waals surface area contributed by atoms with E-state index in [4.69, 9.17) is 9.16 Å². The molecule has 164 valence electrons. The van der Waals surface area contributed by atoms with Gasteiger partial charge in [-0.25, -0.2) is 0 Å². The van der Waals surface area contributed by atoms with Crippen LogP contribution < -0.4 is 10.4 Å². The third kappa shape index (κ3) is 6.54. The van der Waals surface area contributed by atoms with Gasteiger partial charge in [-0.1, -0.05) is 114 Å². The van der Waals surface area contributed by atoms with Gasteiger partial charge in [-0.2, -0.15) is 0 Å². The molecule has 0 spiro atoms. The van der Waals surface area contributed by atoms with E-state index in [1.54, 1.807) is 0 Å². The molecule has 0 fully saturated rings. The van der Waals surface area contributed by atoms with E-state index in [0.29, 0.717) is 19.6 Å². The molecule has 2 aromatic rings. The number of hydrogen-bond acceptors (Lipinski definition) is 3. The van der Waals surface area contributed by atoms with Gasteiger partial charge in [0.15, 0.2) is 0 Å². The minimum Gasteiger partial charge on any atom is -0.463 e. The molecule has 0 aliphatic heterocycles. The number of hydrogen-bond donors (Lipinski definition) is 0. The van der Waals surface area contributed by atoms with E-state index in [2.05, 4.69) is 76.2 Å². The van der Waals surface area contributed by atoms with E-state index in [-0.39, 0.29) is 11.0 Å². The first kappa shape index (κ1) is 24.4. The van der Waals surface area contributed by atoms with Gasteiger partial charge in [0.25, 0.3) is 8.32 Å². The van der Waals surface area contributed by atoms with Crippen molar-refractivity contribution in [3.8, 4) is 0 Å². The van der Waals surface area contributed by atoms with E-state index in [9.17, 15) is 4.79 Å². The summed E-state index contributed by atoms with van der Waals surface area (Å²) < 4.78 is 12.2. The second-order valence-corrected chi connectivity index (χ2v) is 13.2. The fourth-order valence-electron chi connectivity index (χ4n) is 4.06. The van der Waals surface area contributed by atoms with Crippen LogP contribution in [-0.4, -0.2) is 27.5 Å². The Labute approximate surface area is 183 Å². The summed E-state index contributed by atoms with van der Waals surface area (Å²) in [5, 5.41) is 2.41. The summed E-state index contributed by atoms with van der Waals surface area (Å²) in [5.74, 6) is -0.113. The molecule has 2 rings (SSSR count). The number of ether oxygens (including phenoxy) is 1. The zero-order valence-electron chi connectivity index (χ0n) is 19.2. The fourth-order valence-corrected chi connectivity index (χ4v) is 8.60. The fraction of sp³-hybridized carbons (Fsp3) is 0.500. The van der Waals surface area contributed by atoms with Gasteiger partial charge in [-0.05, 0) is 21.8 Å². The van der Waals surface area contributed by atoms with Crippen LogP contribution in [0.1, 0.15) is 66.2 Å². The molecule has 0 saturated carbocycles. The Hall–Kier alpha value is -1.91. The summed E-state index contributed by atoms with van der Waals surface area (Å²) >= 11 is 0. The number of benzene rings is 2. The van der Waals surface area contributed by atoms with Gasteiger partial charge in [0.2, 0.25) is 0 Å². The van der Waals surface area contributed by atoms with Gasteiger partial charge >= 0.3 is 5.97 Å². The average molecular weight is 427 g/mol. The van der Waals surface area contributed by atoms with Gasteiger partial charge in [0.1, 0.15) is 6.61 Å². The SMILES string of the molecule is CCCCCCCC(=O)OCCO[Si](c1ccccc1)(c1ccccc1)C(C)(C)C. The van der Waals surface area contributed by atoms with Crippen LogP contribution in [0.3, 0.4) is 0 Å². The Morgan fingerprint density at radius 2 is 1.33 bits per heavy atom. The second kappa shape index (κ2) is 12.1. The van der Waals surface area contributed by atoms with Gasteiger partial charge < -0.3 is 9.16 Å². The molecule has 0 radical (unpaired) electrons. The molecular formula is C26H38O3Si. The number of carbonyl (C=O) groups excluding carboxylic acids is 1. The third-order valence-electron chi connectivity index (χ3n) is 5.57. The Kier molecular flexibility index (Phi) is 9.80. The molecule has 4 heteroatoms.